The Morgan fingerprint density at radius 2 is 0.682 bits per heavy atom. The molecular formula is C72H100O14S2. The zero-order valence-corrected chi connectivity index (χ0v) is 56.3. The molecule has 0 aromatic heterocycles. The molecule has 4 aromatic rings. The fraction of sp³-hybridized carbons (Fsp3) is 0.639. The third-order valence-corrected chi connectivity index (χ3v) is 25.0. The third kappa shape index (κ3) is 12.4. The van der Waals surface area contributed by atoms with Crippen molar-refractivity contribution in [1.82, 2.24) is 0 Å². The Bertz CT molecular complexity index is 3210. The van der Waals surface area contributed by atoms with Crippen LogP contribution in [0.1, 0.15) is 265 Å². The summed E-state index contributed by atoms with van der Waals surface area (Å²) in [7, 11) is -2.78. The van der Waals surface area contributed by atoms with E-state index in [4.69, 9.17) is 27.3 Å². The van der Waals surface area contributed by atoms with Gasteiger partial charge in [-0.1, -0.05) is 132 Å². The van der Waals surface area contributed by atoms with Gasteiger partial charge in [0.15, 0.2) is 0 Å². The lowest BCUT2D eigenvalue weighted by Crippen LogP contribution is -2.43. The highest BCUT2D eigenvalue weighted by Crippen LogP contribution is 2.66. The van der Waals surface area contributed by atoms with E-state index in [1.165, 1.54) is 0 Å². The van der Waals surface area contributed by atoms with E-state index in [0.29, 0.717) is 119 Å². The Balaban J connectivity index is 1.37. The molecular weight excluding hydrogens is 1150 g/mol. The second kappa shape index (κ2) is 26.8. The molecule has 0 spiro atoms. The minimum Gasteiger partial charge on any atom is -0.508 e. The van der Waals surface area contributed by atoms with Gasteiger partial charge in [0.1, 0.15) is 57.6 Å². The van der Waals surface area contributed by atoms with Gasteiger partial charge >= 0.3 is 20.2 Å². The number of ether oxygens (including phenoxy) is 4. The van der Waals surface area contributed by atoms with Gasteiger partial charge in [0.05, 0.1) is 50.8 Å². The van der Waals surface area contributed by atoms with Gasteiger partial charge in [0.2, 0.25) is 0 Å². The summed E-state index contributed by atoms with van der Waals surface area (Å²) in [6.07, 6.45) is 15.2. The van der Waals surface area contributed by atoms with Crippen molar-refractivity contribution in [3.05, 3.63) is 93.0 Å². The highest BCUT2D eigenvalue weighted by atomic mass is 32.2. The molecule has 4 saturated carbocycles. The van der Waals surface area contributed by atoms with Crippen molar-refractivity contribution < 1.29 is 64.0 Å². The average molecular weight is 1250 g/mol. The van der Waals surface area contributed by atoms with E-state index in [0.717, 1.165) is 89.9 Å². The molecule has 484 valence electrons. The summed E-state index contributed by atoms with van der Waals surface area (Å²) >= 11 is 0. The zero-order chi connectivity index (χ0) is 63.7. The molecule has 4 aromatic carbocycles. The molecule has 0 aliphatic heterocycles. The molecule has 16 heteroatoms. The van der Waals surface area contributed by atoms with E-state index < -0.39 is 77.1 Å². The van der Waals surface area contributed by atoms with Crippen LogP contribution in [0.3, 0.4) is 0 Å². The van der Waals surface area contributed by atoms with E-state index in [2.05, 4.69) is 27.7 Å². The molecule has 4 unspecified atom stereocenters. The van der Waals surface area contributed by atoms with Crippen molar-refractivity contribution in [1.29, 1.82) is 0 Å². The fourth-order valence-electron chi connectivity index (χ4n) is 16.9. The summed E-state index contributed by atoms with van der Waals surface area (Å²) in [6, 6.07) is 14.6. The third-order valence-electron chi connectivity index (χ3n) is 22.4. The maximum atomic E-state index is 15.1. The smallest absolute Gasteiger partial charge is 0.310 e. The summed E-state index contributed by atoms with van der Waals surface area (Å²) in [5.74, 6) is -1.80. The number of fused-ring (bicyclic) bond motifs is 12. The van der Waals surface area contributed by atoms with Crippen molar-refractivity contribution in [2.45, 2.75) is 220 Å². The Morgan fingerprint density at radius 3 is 0.943 bits per heavy atom. The molecule has 0 saturated heterocycles. The number of unbranched alkanes of at least 4 members (excludes halogenated alkanes) is 8. The topological polar surface area (TPSA) is 198 Å². The van der Waals surface area contributed by atoms with E-state index >= 15 is 16.8 Å². The number of aromatic hydroxyl groups is 2. The Hall–Kier alpha value is -5.48. The second-order valence-electron chi connectivity index (χ2n) is 27.7. The number of phenols is 2. The van der Waals surface area contributed by atoms with Crippen molar-refractivity contribution in [2.75, 3.05) is 39.9 Å². The van der Waals surface area contributed by atoms with Gasteiger partial charge < -0.3 is 37.5 Å². The lowest BCUT2D eigenvalue weighted by molar-refractivity contribution is -0.128. The van der Waals surface area contributed by atoms with Crippen LogP contribution in [0.2, 0.25) is 0 Å². The number of benzene rings is 4. The molecule has 5 aliphatic rings. The largest absolute Gasteiger partial charge is 0.508 e. The molecule has 12 bridgehead atoms. The van der Waals surface area contributed by atoms with Crippen LogP contribution in [0.5, 0.6) is 46.0 Å². The lowest BCUT2D eigenvalue weighted by Gasteiger charge is -2.36. The highest BCUT2D eigenvalue weighted by Gasteiger charge is 2.67. The van der Waals surface area contributed by atoms with Crippen LogP contribution in [0, 0.1) is 33.5 Å². The van der Waals surface area contributed by atoms with Crippen LogP contribution in [-0.2, 0) is 29.8 Å². The molecule has 88 heavy (non-hydrogen) atoms. The first-order valence-electron chi connectivity index (χ1n) is 33.0. The molecule has 8 atom stereocenters. The summed E-state index contributed by atoms with van der Waals surface area (Å²) in [6.45, 7) is 16.6. The number of phenolic OH excluding ortho intramolecular Hbond substituents is 2. The summed E-state index contributed by atoms with van der Waals surface area (Å²) in [5.41, 5.74) is 1.61. The predicted octanol–water partition coefficient (Wildman–Crippen LogP) is 16.5. The average Bonchev–Trinajstić information content (AvgIpc) is 1.60. The van der Waals surface area contributed by atoms with Crippen LogP contribution >= 0.6 is 0 Å². The fourth-order valence-corrected chi connectivity index (χ4v) is 20.4. The number of Topliss-reactive ketones (excluding diaryl/α,β-unsaturated/α-hetero) is 2. The van der Waals surface area contributed by atoms with E-state index in [9.17, 15) is 19.8 Å². The number of carbonyl (C=O) groups is 2. The highest BCUT2D eigenvalue weighted by molar-refractivity contribution is 7.87. The molecule has 0 amide bonds. The summed E-state index contributed by atoms with van der Waals surface area (Å²) in [4.78, 5) is 28.0. The van der Waals surface area contributed by atoms with Gasteiger partial charge in [0, 0.05) is 105 Å². The second-order valence-corrected chi connectivity index (χ2v) is 30.8. The minimum absolute atomic E-state index is 0.0345. The van der Waals surface area contributed by atoms with Gasteiger partial charge in [-0.3, -0.25) is 9.59 Å². The maximum absolute atomic E-state index is 15.1. The molecule has 0 heterocycles. The van der Waals surface area contributed by atoms with Crippen molar-refractivity contribution >= 4 is 31.8 Å². The number of hydrogen-bond donors (Lipinski definition) is 2. The first-order chi connectivity index (χ1) is 41.8. The van der Waals surface area contributed by atoms with E-state index in [1.54, 1.807) is 52.7 Å². The van der Waals surface area contributed by atoms with Crippen LogP contribution in [-0.4, -0.2) is 78.6 Å². The number of carbonyl (C=O) groups excluding carboxylic acids is 2. The predicted molar refractivity (Wildman–Crippen MR) is 345 cm³/mol. The van der Waals surface area contributed by atoms with Crippen LogP contribution < -0.4 is 27.3 Å². The van der Waals surface area contributed by atoms with Gasteiger partial charge in [-0.15, -0.1) is 0 Å². The quantitative estimate of drug-likeness (QED) is 0.0402. The van der Waals surface area contributed by atoms with E-state index in [1.807, 2.05) is 52.0 Å². The number of rotatable bonds is 28. The molecule has 2 N–H and O–H groups in total. The standard InChI is InChI=1S/C72H100O14S2/c1-13-17-21-25-47-51-35-53(61(81-9)39-59(51)73)49(27-23-19-15-3)58-38-56(64(84-12)42-66(58)86-88(79,80)44-72-32-30-46(34-68(72)76)70(72,7)8)48(26-22-18-14-2)52-36-54(62(82-10)40-60(52)74)50(28-24-20-16-4)57-37-55(47)63(83-11)41-65(57)85-87(77,78)43-71-31-29-45(33-67(71)75)69(71,5)6/h35-42,45-50,73-74H,13-34,43-44H2,1-12H3/t45-,46-,47?,48?,49?,50?,71-,72-/m1/s1. The van der Waals surface area contributed by atoms with Crippen LogP contribution in [0.4, 0.5) is 0 Å². The maximum Gasteiger partial charge on any atom is 0.310 e. The normalized spacial score (nSPS) is 25.0. The van der Waals surface area contributed by atoms with Gasteiger partial charge in [0.25, 0.3) is 0 Å². The van der Waals surface area contributed by atoms with Crippen molar-refractivity contribution in [3.63, 3.8) is 0 Å². The van der Waals surface area contributed by atoms with Gasteiger partial charge in [-0.25, -0.2) is 0 Å². The van der Waals surface area contributed by atoms with Crippen molar-refractivity contribution in [2.24, 2.45) is 33.5 Å². The van der Waals surface area contributed by atoms with Crippen molar-refractivity contribution in [3.8, 4) is 46.0 Å². The van der Waals surface area contributed by atoms with Gasteiger partial charge in [-0.05, 0) is 98.3 Å². The summed E-state index contributed by atoms with van der Waals surface area (Å²) in [5, 5.41) is 25.4. The molecule has 0 radical (unpaired) electrons. The molecule has 5 aliphatic carbocycles. The Kier molecular flexibility index (Phi) is 20.4. The zero-order valence-electron chi connectivity index (χ0n) is 54.7. The lowest BCUT2D eigenvalue weighted by atomic mass is 9.70. The Morgan fingerprint density at radius 1 is 0.409 bits per heavy atom. The first kappa shape index (κ1) is 66.9. The van der Waals surface area contributed by atoms with E-state index in [-0.39, 0.29) is 46.4 Å². The minimum atomic E-state index is -4.50. The first-order valence-corrected chi connectivity index (χ1v) is 36.2. The number of ketones is 2. The van der Waals surface area contributed by atoms with Gasteiger partial charge in [-0.2, -0.15) is 16.8 Å². The monoisotopic (exact) mass is 1250 g/mol. The van der Waals surface area contributed by atoms with Crippen LogP contribution in [0.25, 0.3) is 0 Å². The van der Waals surface area contributed by atoms with Crippen LogP contribution in [0.15, 0.2) is 48.5 Å². The summed E-state index contributed by atoms with van der Waals surface area (Å²) < 4.78 is 99.1. The molecule has 14 nitrogen and oxygen atoms in total. The number of hydrogen-bond acceptors (Lipinski definition) is 14. The Labute approximate surface area is 525 Å². The SMILES string of the molecule is CCCCCC1c2cc(c(OC)cc2O)C(CCCCC)c2cc(c(OC)cc2OS(=O)(=O)C[C@]23CC[C@H](CC2=O)C3(C)C)C(CCCCC)c2cc(c(OC)cc2O)C(CCCCC)c2cc1c(OC)cc2OS(=O)(=O)C[C@]12CC[C@H](CC1=O)C2(C)C. The number of methoxy groups -OCH3 is 4. The molecule has 4 fully saturated rings. The molecule has 9 rings (SSSR count).